The van der Waals surface area contributed by atoms with Crippen molar-refractivity contribution in [2.45, 2.75) is 91.2 Å². The third-order valence-electron chi connectivity index (χ3n) is 5.82. The Bertz CT molecular complexity index is 437. The van der Waals surface area contributed by atoms with Crippen molar-refractivity contribution in [1.29, 1.82) is 0 Å². The number of thiocarbonyl (C=S) groups is 1. The minimum absolute atomic E-state index is 0.0205. The van der Waals surface area contributed by atoms with Crippen molar-refractivity contribution in [3.05, 3.63) is 0 Å². The summed E-state index contributed by atoms with van der Waals surface area (Å²) in [5.41, 5.74) is 0. The summed E-state index contributed by atoms with van der Waals surface area (Å²) in [6.07, 6.45) is 8.29. The second-order valence-corrected chi connectivity index (χ2v) is 8.66. The number of ether oxygens (including phenoxy) is 1. The maximum atomic E-state index is 12.6. The van der Waals surface area contributed by atoms with Crippen LogP contribution in [0.1, 0.15) is 79.1 Å². The third kappa shape index (κ3) is 5.18. The highest BCUT2D eigenvalue weighted by Crippen LogP contribution is 2.35. The molecule has 0 amide bonds. The lowest BCUT2D eigenvalue weighted by Gasteiger charge is -2.37. The van der Waals surface area contributed by atoms with Gasteiger partial charge in [-0.1, -0.05) is 52.8 Å². The molecule has 4 heteroatoms. The van der Waals surface area contributed by atoms with Gasteiger partial charge >= 0.3 is 5.97 Å². The van der Waals surface area contributed by atoms with Gasteiger partial charge in [0.25, 0.3) is 0 Å². The molecule has 0 N–H and O–H groups in total. The van der Waals surface area contributed by atoms with Crippen molar-refractivity contribution in [3.63, 3.8) is 0 Å². The molecule has 0 unspecified atom stereocenters. The number of hydrogen-bond donors (Lipinski definition) is 0. The van der Waals surface area contributed by atoms with Crippen LogP contribution < -0.4 is 0 Å². The average Bonchev–Trinajstić information content (AvgIpc) is 2.92. The molecule has 0 aromatic carbocycles. The standard InChI is InChI=1S/C20H35NO2S/c1-5-7-16(21-11-6-8-19(21)24)13-20(22)23-18-12-15(4)9-10-17(18)14(2)3/h14-18H,5-13H2,1-4H3/t15-,16+,17+,18-/m0/s1. The Hall–Kier alpha value is -0.640. The first-order valence-electron chi connectivity index (χ1n) is 9.91. The molecule has 1 saturated heterocycles. The van der Waals surface area contributed by atoms with E-state index in [1.54, 1.807) is 0 Å². The van der Waals surface area contributed by atoms with Gasteiger partial charge in [-0.05, 0) is 49.9 Å². The van der Waals surface area contributed by atoms with Crippen molar-refractivity contribution < 1.29 is 9.53 Å². The topological polar surface area (TPSA) is 29.5 Å². The van der Waals surface area contributed by atoms with Crippen LogP contribution in [0.25, 0.3) is 0 Å². The second-order valence-electron chi connectivity index (χ2n) is 8.19. The lowest BCUT2D eigenvalue weighted by atomic mass is 9.75. The van der Waals surface area contributed by atoms with E-state index in [-0.39, 0.29) is 18.1 Å². The number of likely N-dealkylation sites (tertiary alicyclic amines) is 1. The minimum Gasteiger partial charge on any atom is -0.462 e. The fourth-order valence-electron chi connectivity index (χ4n) is 4.42. The van der Waals surface area contributed by atoms with Crippen LogP contribution in [0.4, 0.5) is 0 Å². The van der Waals surface area contributed by atoms with Gasteiger partial charge in [0.2, 0.25) is 0 Å². The van der Waals surface area contributed by atoms with E-state index in [4.69, 9.17) is 17.0 Å². The number of nitrogens with zero attached hydrogens (tertiary/aromatic N) is 1. The van der Waals surface area contributed by atoms with Crippen LogP contribution in [-0.2, 0) is 9.53 Å². The predicted octanol–water partition coefficient (Wildman–Crippen LogP) is 4.97. The van der Waals surface area contributed by atoms with Gasteiger partial charge in [0, 0.05) is 12.6 Å². The molecule has 2 fully saturated rings. The molecular formula is C20H35NO2S. The Morgan fingerprint density at radius 3 is 2.71 bits per heavy atom. The van der Waals surface area contributed by atoms with Crippen LogP contribution in [0.3, 0.4) is 0 Å². The highest BCUT2D eigenvalue weighted by atomic mass is 32.1. The molecule has 138 valence electrons. The summed E-state index contributed by atoms with van der Waals surface area (Å²) >= 11 is 5.49. The molecular weight excluding hydrogens is 318 g/mol. The maximum absolute atomic E-state index is 12.6. The average molecular weight is 354 g/mol. The van der Waals surface area contributed by atoms with E-state index in [1.807, 2.05) is 0 Å². The van der Waals surface area contributed by atoms with Crippen molar-refractivity contribution in [2.75, 3.05) is 6.54 Å². The molecule has 0 bridgehead atoms. The summed E-state index contributed by atoms with van der Waals surface area (Å²) in [4.78, 5) is 16.0. The van der Waals surface area contributed by atoms with Gasteiger partial charge in [0.05, 0.1) is 11.4 Å². The quantitative estimate of drug-likeness (QED) is 0.477. The zero-order valence-corrected chi connectivity index (χ0v) is 16.7. The molecule has 1 aliphatic heterocycles. The zero-order valence-electron chi connectivity index (χ0n) is 15.9. The second kappa shape index (κ2) is 9.17. The van der Waals surface area contributed by atoms with Crippen molar-refractivity contribution >= 4 is 23.2 Å². The smallest absolute Gasteiger partial charge is 0.308 e. The Labute approximate surface area is 153 Å². The number of carbonyl (C=O) groups is 1. The molecule has 1 heterocycles. The van der Waals surface area contributed by atoms with Crippen LogP contribution >= 0.6 is 12.2 Å². The number of rotatable bonds is 7. The number of hydrogen-bond acceptors (Lipinski definition) is 3. The van der Waals surface area contributed by atoms with E-state index in [0.717, 1.165) is 43.6 Å². The molecule has 3 nitrogen and oxygen atoms in total. The van der Waals surface area contributed by atoms with Gasteiger partial charge in [-0.2, -0.15) is 0 Å². The van der Waals surface area contributed by atoms with Gasteiger partial charge in [-0.15, -0.1) is 0 Å². The molecule has 2 aliphatic rings. The highest BCUT2D eigenvalue weighted by molar-refractivity contribution is 7.80. The molecule has 0 aromatic heterocycles. The van der Waals surface area contributed by atoms with E-state index in [1.165, 1.54) is 12.8 Å². The lowest BCUT2D eigenvalue weighted by molar-refractivity contribution is -0.157. The monoisotopic (exact) mass is 353 g/mol. The van der Waals surface area contributed by atoms with E-state index >= 15 is 0 Å². The first-order valence-corrected chi connectivity index (χ1v) is 10.3. The largest absolute Gasteiger partial charge is 0.462 e. The molecule has 1 saturated carbocycles. The van der Waals surface area contributed by atoms with Crippen LogP contribution in [0.5, 0.6) is 0 Å². The normalized spacial score (nSPS) is 29.1. The molecule has 1 aliphatic carbocycles. The Morgan fingerprint density at radius 2 is 2.12 bits per heavy atom. The molecule has 0 radical (unpaired) electrons. The van der Waals surface area contributed by atoms with Gasteiger partial charge in [-0.3, -0.25) is 4.79 Å². The van der Waals surface area contributed by atoms with Gasteiger partial charge < -0.3 is 9.64 Å². The summed E-state index contributed by atoms with van der Waals surface area (Å²) in [7, 11) is 0. The van der Waals surface area contributed by atoms with Crippen LogP contribution in [0, 0.1) is 17.8 Å². The van der Waals surface area contributed by atoms with Crippen LogP contribution in [-0.4, -0.2) is 34.5 Å². The Balaban J connectivity index is 1.94. The van der Waals surface area contributed by atoms with Gasteiger partial charge in [0.15, 0.2) is 0 Å². The van der Waals surface area contributed by atoms with Crippen LogP contribution in [0.15, 0.2) is 0 Å². The van der Waals surface area contributed by atoms with E-state index < -0.39 is 0 Å². The fraction of sp³-hybridized carbons (Fsp3) is 0.900. The number of esters is 1. The molecule has 4 atom stereocenters. The lowest BCUT2D eigenvalue weighted by Crippen LogP contribution is -2.40. The Morgan fingerprint density at radius 1 is 1.38 bits per heavy atom. The third-order valence-corrected chi connectivity index (χ3v) is 6.26. The molecule has 24 heavy (non-hydrogen) atoms. The molecule has 0 aromatic rings. The summed E-state index contributed by atoms with van der Waals surface area (Å²) in [5.74, 6) is 1.74. The van der Waals surface area contributed by atoms with E-state index in [0.29, 0.717) is 24.2 Å². The SMILES string of the molecule is CCC[C@H](CC(=O)O[C@H]1C[C@@H](C)CC[C@@H]1C(C)C)N1CCCC1=S. The van der Waals surface area contributed by atoms with Crippen LogP contribution in [0.2, 0.25) is 0 Å². The van der Waals surface area contributed by atoms with Gasteiger partial charge in [-0.25, -0.2) is 0 Å². The maximum Gasteiger partial charge on any atom is 0.308 e. The Kier molecular flexibility index (Phi) is 7.52. The van der Waals surface area contributed by atoms with Gasteiger partial charge in [0.1, 0.15) is 6.10 Å². The first kappa shape index (κ1) is 19.7. The highest BCUT2D eigenvalue weighted by Gasteiger charge is 2.34. The zero-order chi connectivity index (χ0) is 17.7. The number of carbonyl (C=O) groups excluding carboxylic acids is 1. The minimum atomic E-state index is -0.0205. The van der Waals surface area contributed by atoms with Crippen molar-refractivity contribution in [3.8, 4) is 0 Å². The summed E-state index contributed by atoms with van der Waals surface area (Å²) in [5, 5.41) is 0. The van der Waals surface area contributed by atoms with Crippen molar-refractivity contribution in [1.82, 2.24) is 4.90 Å². The first-order chi connectivity index (χ1) is 11.4. The van der Waals surface area contributed by atoms with E-state index in [2.05, 4.69) is 32.6 Å². The molecule has 2 rings (SSSR count). The predicted molar refractivity (Wildman–Crippen MR) is 103 cm³/mol. The van der Waals surface area contributed by atoms with E-state index in [9.17, 15) is 4.79 Å². The summed E-state index contributed by atoms with van der Waals surface area (Å²) in [6.45, 7) is 9.97. The fourth-order valence-corrected chi connectivity index (χ4v) is 4.80. The molecule has 0 spiro atoms. The summed E-state index contributed by atoms with van der Waals surface area (Å²) < 4.78 is 6.00. The van der Waals surface area contributed by atoms with Crippen molar-refractivity contribution in [2.24, 2.45) is 17.8 Å². The summed E-state index contributed by atoms with van der Waals surface area (Å²) in [6, 6.07) is 0.232.